The SMILES string of the molecule is Cc1nc(S(=O)(=O)NCCC(=O)Nc2c[nH]c3cc(Br)ccc23)cn1C. The van der Waals surface area contributed by atoms with E-state index in [1.807, 2.05) is 18.2 Å². The summed E-state index contributed by atoms with van der Waals surface area (Å²) in [5, 5.41) is 3.61. The Labute approximate surface area is 159 Å². The van der Waals surface area contributed by atoms with Gasteiger partial charge >= 0.3 is 0 Å². The highest BCUT2D eigenvalue weighted by Crippen LogP contribution is 2.26. The van der Waals surface area contributed by atoms with Gasteiger partial charge in [-0.1, -0.05) is 15.9 Å². The van der Waals surface area contributed by atoms with Gasteiger partial charge in [0.15, 0.2) is 5.03 Å². The Balaban J connectivity index is 1.58. The normalized spacial score (nSPS) is 11.8. The van der Waals surface area contributed by atoms with E-state index in [0.717, 1.165) is 15.4 Å². The number of sulfonamides is 1. The number of amides is 1. The maximum absolute atomic E-state index is 12.2. The maximum atomic E-state index is 12.2. The molecule has 3 rings (SSSR count). The summed E-state index contributed by atoms with van der Waals surface area (Å²) < 4.78 is 29.3. The number of imidazole rings is 1. The summed E-state index contributed by atoms with van der Waals surface area (Å²) in [6, 6.07) is 5.68. The number of fused-ring (bicyclic) bond motifs is 1. The average Bonchev–Trinajstić information content (AvgIpc) is 3.11. The Morgan fingerprint density at radius 3 is 2.85 bits per heavy atom. The van der Waals surface area contributed by atoms with Crippen LogP contribution < -0.4 is 10.0 Å². The zero-order valence-corrected chi connectivity index (χ0v) is 16.6. The summed E-state index contributed by atoms with van der Waals surface area (Å²) in [6.07, 6.45) is 3.14. The minimum Gasteiger partial charge on any atom is -0.359 e. The van der Waals surface area contributed by atoms with Crippen LogP contribution in [0.25, 0.3) is 10.9 Å². The third-order valence-electron chi connectivity index (χ3n) is 3.92. The van der Waals surface area contributed by atoms with Crippen molar-refractivity contribution >= 4 is 48.5 Å². The van der Waals surface area contributed by atoms with E-state index >= 15 is 0 Å². The molecule has 0 aliphatic heterocycles. The standard InChI is InChI=1S/C16H18BrN5O3S/c1-10-20-16(9-22(10)2)26(24,25)19-6-5-15(23)21-14-8-18-13-7-11(17)3-4-12(13)14/h3-4,7-9,18-19H,5-6H2,1-2H3,(H,21,23). The molecule has 0 bridgehead atoms. The van der Waals surface area contributed by atoms with Gasteiger partial charge in [0.25, 0.3) is 10.0 Å². The van der Waals surface area contributed by atoms with Gasteiger partial charge in [0.2, 0.25) is 5.91 Å². The summed E-state index contributed by atoms with van der Waals surface area (Å²) in [4.78, 5) is 19.2. The van der Waals surface area contributed by atoms with Gasteiger partial charge in [-0.2, -0.15) is 0 Å². The highest BCUT2D eigenvalue weighted by atomic mass is 79.9. The predicted molar refractivity (Wildman–Crippen MR) is 102 cm³/mol. The lowest BCUT2D eigenvalue weighted by Gasteiger charge is -2.05. The van der Waals surface area contributed by atoms with Crippen LogP contribution in [0.2, 0.25) is 0 Å². The average molecular weight is 440 g/mol. The number of carbonyl (C=O) groups is 1. The van der Waals surface area contributed by atoms with Gasteiger partial charge in [0.05, 0.1) is 5.69 Å². The smallest absolute Gasteiger partial charge is 0.259 e. The lowest BCUT2D eigenvalue weighted by molar-refractivity contribution is -0.116. The first kappa shape index (κ1) is 18.6. The fourth-order valence-electron chi connectivity index (χ4n) is 2.44. The molecule has 0 atom stereocenters. The number of nitrogens with zero attached hydrogens (tertiary/aromatic N) is 2. The van der Waals surface area contributed by atoms with Crippen LogP contribution in [0.4, 0.5) is 5.69 Å². The maximum Gasteiger partial charge on any atom is 0.259 e. The summed E-state index contributed by atoms with van der Waals surface area (Å²) in [6.45, 7) is 1.70. The molecule has 0 saturated heterocycles. The monoisotopic (exact) mass is 439 g/mol. The van der Waals surface area contributed by atoms with E-state index in [4.69, 9.17) is 0 Å². The van der Waals surface area contributed by atoms with E-state index in [1.54, 1.807) is 24.7 Å². The number of anilines is 1. The molecule has 0 saturated carbocycles. The number of carbonyl (C=O) groups excluding carboxylic acids is 1. The summed E-state index contributed by atoms with van der Waals surface area (Å²) in [7, 11) is -2.02. The van der Waals surface area contributed by atoms with Crippen LogP contribution in [0.5, 0.6) is 0 Å². The first-order valence-electron chi connectivity index (χ1n) is 7.82. The van der Waals surface area contributed by atoms with Crippen LogP contribution in [0.1, 0.15) is 12.2 Å². The van der Waals surface area contributed by atoms with Crippen molar-refractivity contribution in [3.05, 3.63) is 40.9 Å². The number of aromatic amines is 1. The number of rotatable bonds is 6. The summed E-state index contributed by atoms with van der Waals surface area (Å²) in [5.74, 6) is 0.308. The second-order valence-corrected chi connectivity index (χ2v) is 8.45. The number of benzene rings is 1. The molecular formula is C16H18BrN5O3S. The largest absolute Gasteiger partial charge is 0.359 e. The molecule has 0 aliphatic rings. The topological polar surface area (TPSA) is 109 Å². The first-order chi connectivity index (χ1) is 12.3. The summed E-state index contributed by atoms with van der Waals surface area (Å²) in [5.41, 5.74) is 1.54. The molecule has 10 heteroatoms. The quantitative estimate of drug-likeness (QED) is 0.547. The molecule has 0 unspecified atom stereocenters. The van der Waals surface area contributed by atoms with E-state index in [1.165, 1.54) is 6.20 Å². The van der Waals surface area contributed by atoms with E-state index in [0.29, 0.717) is 11.5 Å². The Bertz CT molecular complexity index is 1050. The number of halogens is 1. The van der Waals surface area contributed by atoms with Crippen LogP contribution in [-0.4, -0.2) is 35.4 Å². The van der Waals surface area contributed by atoms with Crippen molar-refractivity contribution in [1.82, 2.24) is 19.3 Å². The molecule has 0 fully saturated rings. The molecule has 8 nitrogen and oxygen atoms in total. The molecule has 26 heavy (non-hydrogen) atoms. The zero-order valence-electron chi connectivity index (χ0n) is 14.2. The lowest BCUT2D eigenvalue weighted by Crippen LogP contribution is -2.28. The van der Waals surface area contributed by atoms with Crippen molar-refractivity contribution in [3.8, 4) is 0 Å². The van der Waals surface area contributed by atoms with Crippen LogP contribution in [-0.2, 0) is 21.9 Å². The number of hydrogen-bond acceptors (Lipinski definition) is 4. The second kappa shape index (κ2) is 7.22. The molecular weight excluding hydrogens is 422 g/mol. The van der Waals surface area contributed by atoms with Gasteiger partial charge in [-0.3, -0.25) is 4.79 Å². The lowest BCUT2D eigenvalue weighted by atomic mass is 10.2. The third-order valence-corrected chi connectivity index (χ3v) is 5.75. The van der Waals surface area contributed by atoms with E-state index in [-0.39, 0.29) is 23.9 Å². The van der Waals surface area contributed by atoms with Gasteiger partial charge in [0, 0.05) is 47.8 Å². The van der Waals surface area contributed by atoms with Gasteiger partial charge in [-0.25, -0.2) is 18.1 Å². The number of nitrogens with one attached hydrogen (secondary N) is 3. The molecule has 2 heterocycles. The molecule has 3 aromatic rings. The molecule has 1 aromatic carbocycles. The van der Waals surface area contributed by atoms with Crippen LogP contribution in [0.15, 0.2) is 40.1 Å². The number of hydrogen-bond donors (Lipinski definition) is 3. The number of H-pyrrole nitrogens is 1. The van der Waals surface area contributed by atoms with E-state index < -0.39 is 10.0 Å². The van der Waals surface area contributed by atoms with Gasteiger partial charge < -0.3 is 14.9 Å². The molecule has 0 radical (unpaired) electrons. The minimum atomic E-state index is -3.73. The van der Waals surface area contributed by atoms with Crippen LogP contribution >= 0.6 is 15.9 Å². The number of aromatic nitrogens is 3. The Morgan fingerprint density at radius 1 is 1.38 bits per heavy atom. The van der Waals surface area contributed by atoms with Crippen molar-refractivity contribution in [1.29, 1.82) is 0 Å². The van der Waals surface area contributed by atoms with Gasteiger partial charge in [0.1, 0.15) is 5.82 Å². The zero-order chi connectivity index (χ0) is 18.9. The first-order valence-corrected chi connectivity index (χ1v) is 10.1. The van der Waals surface area contributed by atoms with Crippen molar-refractivity contribution in [2.24, 2.45) is 7.05 Å². The molecule has 0 spiro atoms. The molecule has 3 N–H and O–H groups in total. The number of aryl methyl sites for hydroxylation is 2. The Kier molecular flexibility index (Phi) is 5.17. The van der Waals surface area contributed by atoms with Crippen LogP contribution in [0.3, 0.4) is 0 Å². The molecule has 138 valence electrons. The Hall–Kier alpha value is -2.17. The molecule has 0 aliphatic carbocycles. The van der Waals surface area contributed by atoms with Gasteiger partial charge in [-0.05, 0) is 25.1 Å². The minimum absolute atomic E-state index is 0.00818. The van der Waals surface area contributed by atoms with Gasteiger partial charge in [-0.15, -0.1) is 0 Å². The predicted octanol–water partition coefficient (Wildman–Crippen LogP) is 2.28. The van der Waals surface area contributed by atoms with Crippen molar-refractivity contribution in [2.75, 3.05) is 11.9 Å². The fourth-order valence-corrected chi connectivity index (χ4v) is 3.87. The van der Waals surface area contributed by atoms with E-state index in [2.05, 4.69) is 35.9 Å². The van der Waals surface area contributed by atoms with E-state index in [9.17, 15) is 13.2 Å². The highest BCUT2D eigenvalue weighted by molar-refractivity contribution is 9.10. The Morgan fingerprint density at radius 2 is 2.15 bits per heavy atom. The summed E-state index contributed by atoms with van der Waals surface area (Å²) >= 11 is 3.39. The fraction of sp³-hybridized carbons (Fsp3) is 0.250. The molecule has 1 amide bonds. The molecule has 2 aromatic heterocycles. The van der Waals surface area contributed by atoms with Crippen molar-refractivity contribution in [2.45, 2.75) is 18.4 Å². The van der Waals surface area contributed by atoms with Crippen molar-refractivity contribution in [3.63, 3.8) is 0 Å². The third kappa shape index (κ3) is 3.97. The van der Waals surface area contributed by atoms with Crippen molar-refractivity contribution < 1.29 is 13.2 Å². The highest BCUT2D eigenvalue weighted by Gasteiger charge is 2.18. The van der Waals surface area contributed by atoms with Crippen LogP contribution in [0, 0.1) is 6.92 Å². The second-order valence-electron chi connectivity index (χ2n) is 5.83.